The van der Waals surface area contributed by atoms with Crippen LogP contribution in [-0.2, 0) is 4.79 Å². The zero-order valence-electron chi connectivity index (χ0n) is 18.6. The Hall–Kier alpha value is -4.26. The fourth-order valence-electron chi connectivity index (χ4n) is 4.29. The quantitative estimate of drug-likeness (QED) is 0.452. The number of imidazole rings is 1. The molecule has 2 heterocycles. The van der Waals surface area contributed by atoms with Crippen molar-refractivity contribution in [1.29, 1.82) is 0 Å². The number of para-hydroxylation sites is 3. The fourth-order valence-corrected chi connectivity index (χ4v) is 4.29. The van der Waals surface area contributed by atoms with Crippen molar-refractivity contribution >= 4 is 34.3 Å². The van der Waals surface area contributed by atoms with E-state index in [0.717, 1.165) is 28.0 Å². The van der Waals surface area contributed by atoms with Crippen LogP contribution in [0.25, 0.3) is 16.7 Å². The van der Waals surface area contributed by atoms with Crippen LogP contribution in [0.2, 0.25) is 0 Å². The number of carbonyl (C=O) groups excluding carboxylic acids is 1. The molecule has 33 heavy (non-hydrogen) atoms. The SMILES string of the molecule is COc1ccc([C@H]2Nc3nc4ccccc4n3C(C)=C2C(=O)Nc2ccccc2)cc1OC. The Labute approximate surface area is 191 Å². The van der Waals surface area contributed by atoms with Crippen molar-refractivity contribution in [2.45, 2.75) is 13.0 Å². The van der Waals surface area contributed by atoms with Gasteiger partial charge in [0.15, 0.2) is 11.5 Å². The van der Waals surface area contributed by atoms with Gasteiger partial charge in [0.05, 0.1) is 36.9 Å². The number of amides is 1. The molecular weight excluding hydrogens is 416 g/mol. The number of aromatic nitrogens is 2. The van der Waals surface area contributed by atoms with E-state index in [1.165, 1.54) is 0 Å². The summed E-state index contributed by atoms with van der Waals surface area (Å²) in [6, 6.07) is 22.5. The van der Waals surface area contributed by atoms with E-state index >= 15 is 0 Å². The van der Waals surface area contributed by atoms with Gasteiger partial charge >= 0.3 is 0 Å². The van der Waals surface area contributed by atoms with E-state index in [-0.39, 0.29) is 5.91 Å². The number of nitrogens with one attached hydrogen (secondary N) is 2. The molecule has 1 aromatic heterocycles. The highest BCUT2D eigenvalue weighted by Crippen LogP contribution is 2.40. The monoisotopic (exact) mass is 440 g/mol. The van der Waals surface area contributed by atoms with E-state index in [1.807, 2.05) is 84.3 Å². The van der Waals surface area contributed by atoms with Gasteiger partial charge in [0.2, 0.25) is 5.95 Å². The fraction of sp³-hybridized carbons (Fsp3) is 0.154. The molecule has 1 aliphatic rings. The van der Waals surface area contributed by atoms with Crippen LogP contribution in [0.5, 0.6) is 11.5 Å². The van der Waals surface area contributed by atoms with E-state index in [9.17, 15) is 4.79 Å². The highest BCUT2D eigenvalue weighted by Gasteiger charge is 2.33. The number of fused-ring (bicyclic) bond motifs is 3. The summed E-state index contributed by atoms with van der Waals surface area (Å²) < 4.78 is 12.9. The van der Waals surface area contributed by atoms with Crippen LogP contribution in [0.4, 0.5) is 11.6 Å². The van der Waals surface area contributed by atoms with Crippen molar-refractivity contribution in [1.82, 2.24) is 9.55 Å². The van der Waals surface area contributed by atoms with Crippen LogP contribution >= 0.6 is 0 Å². The van der Waals surface area contributed by atoms with E-state index in [2.05, 4.69) is 10.6 Å². The van der Waals surface area contributed by atoms with E-state index in [1.54, 1.807) is 14.2 Å². The molecule has 0 spiro atoms. The average molecular weight is 441 g/mol. The Bertz CT molecular complexity index is 1380. The van der Waals surface area contributed by atoms with E-state index < -0.39 is 6.04 Å². The van der Waals surface area contributed by atoms with Crippen LogP contribution in [0.1, 0.15) is 18.5 Å². The van der Waals surface area contributed by atoms with Crippen LogP contribution in [-0.4, -0.2) is 29.7 Å². The van der Waals surface area contributed by atoms with Gasteiger partial charge in [-0.2, -0.15) is 0 Å². The van der Waals surface area contributed by atoms with Gasteiger partial charge in [-0.25, -0.2) is 4.98 Å². The van der Waals surface area contributed by atoms with Crippen LogP contribution in [0, 0.1) is 0 Å². The van der Waals surface area contributed by atoms with Crippen LogP contribution in [0.15, 0.2) is 78.4 Å². The molecule has 1 atom stereocenters. The first-order valence-corrected chi connectivity index (χ1v) is 10.6. The first-order valence-electron chi connectivity index (χ1n) is 10.6. The van der Waals surface area contributed by atoms with Gasteiger partial charge in [-0.15, -0.1) is 0 Å². The standard InChI is InChI=1S/C26H24N4O3/c1-16-23(25(31)27-18-9-5-4-6-10-18)24(17-13-14-21(32-2)22(15-17)33-3)29-26-28-19-11-7-8-12-20(19)30(16)26/h4-15,24H,1-3H3,(H,27,31)(H,28,29)/t24-/m1/s1. The molecule has 5 rings (SSSR count). The Morgan fingerprint density at radius 2 is 1.70 bits per heavy atom. The lowest BCUT2D eigenvalue weighted by Gasteiger charge is -2.30. The van der Waals surface area contributed by atoms with Crippen LogP contribution in [0.3, 0.4) is 0 Å². The van der Waals surface area contributed by atoms with Gasteiger partial charge in [0, 0.05) is 11.4 Å². The van der Waals surface area contributed by atoms with Gasteiger partial charge in [-0.05, 0) is 48.9 Å². The lowest BCUT2D eigenvalue weighted by Crippen LogP contribution is -2.30. The molecule has 0 radical (unpaired) electrons. The lowest BCUT2D eigenvalue weighted by atomic mass is 9.94. The van der Waals surface area contributed by atoms with Crippen molar-refractivity contribution in [2.75, 3.05) is 24.9 Å². The Kier molecular flexibility index (Phi) is 5.22. The minimum absolute atomic E-state index is 0.186. The third-order valence-corrected chi connectivity index (χ3v) is 5.87. The first-order chi connectivity index (χ1) is 16.1. The molecule has 4 aromatic rings. The Balaban J connectivity index is 1.66. The molecule has 1 amide bonds. The van der Waals surface area contributed by atoms with Crippen molar-refractivity contribution in [2.24, 2.45) is 0 Å². The number of methoxy groups -OCH3 is 2. The number of ether oxygens (including phenoxy) is 2. The lowest BCUT2D eigenvalue weighted by molar-refractivity contribution is -0.113. The Morgan fingerprint density at radius 3 is 2.45 bits per heavy atom. The average Bonchev–Trinajstić information content (AvgIpc) is 3.22. The minimum Gasteiger partial charge on any atom is -0.493 e. The highest BCUT2D eigenvalue weighted by atomic mass is 16.5. The van der Waals surface area contributed by atoms with Gasteiger partial charge < -0.3 is 20.1 Å². The largest absolute Gasteiger partial charge is 0.493 e. The summed E-state index contributed by atoms with van der Waals surface area (Å²) in [5.74, 6) is 1.72. The van der Waals surface area contributed by atoms with Crippen molar-refractivity contribution in [3.05, 3.63) is 83.9 Å². The smallest absolute Gasteiger partial charge is 0.255 e. The minimum atomic E-state index is -0.433. The molecule has 1 aliphatic heterocycles. The molecule has 0 aliphatic carbocycles. The summed E-state index contributed by atoms with van der Waals surface area (Å²) in [7, 11) is 3.20. The third kappa shape index (κ3) is 3.57. The maximum absolute atomic E-state index is 13.6. The second kappa shape index (κ2) is 8.35. The van der Waals surface area contributed by atoms with Gasteiger partial charge in [0.1, 0.15) is 0 Å². The number of carbonyl (C=O) groups is 1. The van der Waals surface area contributed by atoms with Crippen molar-refractivity contribution in [3.8, 4) is 11.5 Å². The highest BCUT2D eigenvalue weighted by molar-refractivity contribution is 6.10. The molecule has 0 bridgehead atoms. The summed E-state index contributed by atoms with van der Waals surface area (Å²) in [6.07, 6.45) is 0. The van der Waals surface area contributed by atoms with Crippen LogP contribution < -0.4 is 20.1 Å². The molecule has 0 saturated carbocycles. The normalized spacial score (nSPS) is 15.1. The zero-order valence-corrected chi connectivity index (χ0v) is 18.6. The maximum atomic E-state index is 13.6. The first kappa shape index (κ1) is 20.6. The number of allylic oxidation sites excluding steroid dienone is 1. The summed E-state index contributed by atoms with van der Waals surface area (Å²) in [6.45, 7) is 1.95. The van der Waals surface area contributed by atoms with E-state index in [4.69, 9.17) is 14.5 Å². The number of hydrogen-bond acceptors (Lipinski definition) is 5. The summed E-state index contributed by atoms with van der Waals surface area (Å²) >= 11 is 0. The summed E-state index contributed by atoms with van der Waals surface area (Å²) in [5.41, 5.74) is 4.80. The third-order valence-electron chi connectivity index (χ3n) is 5.87. The molecule has 166 valence electrons. The van der Waals surface area contributed by atoms with Crippen molar-refractivity contribution < 1.29 is 14.3 Å². The number of benzene rings is 3. The number of hydrogen-bond donors (Lipinski definition) is 2. The molecule has 2 N–H and O–H groups in total. The number of rotatable bonds is 5. The van der Waals surface area contributed by atoms with Gasteiger partial charge in [-0.3, -0.25) is 9.36 Å². The second-order valence-corrected chi connectivity index (χ2v) is 7.77. The zero-order chi connectivity index (χ0) is 22.9. The van der Waals surface area contributed by atoms with E-state index in [0.29, 0.717) is 23.0 Å². The predicted molar refractivity (Wildman–Crippen MR) is 130 cm³/mol. The molecule has 7 heteroatoms. The molecule has 3 aromatic carbocycles. The molecule has 7 nitrogen and oxygen atoms in total. The molecule has 0 unspecified atom stereocenters. The topological polar surface area (TPSA) is 77.4 Å². The maximum Gasteiger partial charge on any atom is 0.255 e. The number of nitrogens with zero attached hydrogens (tertiary/aromatic N) is 2. The molecular formula is C26H24N4O3. The summed E-state index contributed by atoms with van der Waals surface area (Å²) in [5, 5.41) is 6.51. The predicted octanol–water partition coefficient (Wildman–Crippen LogP) is 5.09. The summed E-state index contributed by atoms with van der Waals surface area (Å²) in [4.78, 5) is 18.4. The number of anilines is 2. The molecule has 0 fully saturated rings. The van der Waals surface area contributed by atoms with Gasteiger partial charge in [0.25, 0.3) is 5.91 Å². The second-order valence-electron chi connectivity index (χ2n) is 7.77. The van der Waals surface area contributed by atoms with Crippen molar-refractivity contribution in [3.63, 3.8) is 0 Å². The Morgan fingerprint density at radius 1 is 0.970 bits per heavy atom. The molecule has 0 saturated heterocycles. The van der Waals surface area contributed by atoms with Gasteiger partial charge in [-0.1, -0.05) is 36.4 Å².